The van der Waals surface area contributed by atoms with Crippen molar-refractivity contribution in [1.82, 2.24) is 5.32 Å². The first kappa shape index (κ1) is 16.8. The van der Waals surface area contributed by atoms with Crippen LogP contribution in [-0.4, -0.2) is 19.1 Å². The largest absolute Gasteiger partial charge is 0.468 e. The molecule has 1 N–H and O–H groups in total. The second-order valence-electron chi connectivity index (χ2n) is 5.48. The average Bonchev–Trinajstić information content (AvgIpc) is 2.75. The summed E-state index contributed by atoms with van der Waals surface area (Å²) in [5.41, 5.74) is 0.766. The molecule has 1 aromatic carbocycles. The van der Waals surface area contributed by atoms with Gasteiger partial charge in [-0.2, -0.15) is 0 Å². The van der Waals surface area contributed by atoms with Crippen LogP contribution in [0.2, 0.25) is 5.02 Å². The summed E-state index contributed by atoms with van der Waals surface area (Å²) in [4.78, 5) is 12.2. The minimum atomic E-state index is -0.511. The zero-order valence-corrected chi connectivity index (χ0v) is 14.5. The van der Waals surface area contributed by atoms with Crippen LogP contribution >= 0.6 is 27.5 Å². The van der Waals surface area contributed by atoms with Gasteiger partial charge in [0.25, 0.3) is 0 Å². The van der Waals surface area contributed by atoms with E-state index < -0.39 is 6.04 Å². The molecule has 1 atom stereocenters. The number of benzene rings is 1. The van der Waals surface area contributed by atoms with Crippen LogP contribution in [0.4, 0.5) is 0 Å². The van der Waals surface area contributed by atoms with E-state index in [2.05, 4.69) is 21.2 Å². The fraction of sp³-hybridized carbons (Fsp3) is 0.562. The summed E-state index contributed by atoms with van der Waals surface area (Å²) in [6.07, 6.45) is 7.16. The third-order valence-corrected chi connectivity index (χ3v) is 4.80. The lowest BCUT2D eigenvalue weighted by Crippen LogP contribution is -2.37. The monoisotopic (exact) mass is 373 g/mol. The molecule has 1 aromatic rings. The van der Waals surface area contributed by atoms with Gasteiger partial charge in [-0.25, -0.2) is 4.79 Å². The van der Waals surface area contributed by atoms with Gasteiger partial charge >= 0.3 is 5.97 Å². The maximum atomic E-state index is 12.2. The summed E-state index contributed by atoms with van der Waals surface area (Å²) in [5, 5.41) is 4.03. The summed E-state index contributed by atoms with van der Waals surface area (Å²) in [6.45, 7) is 0. The molecule has 1 aliphatic carbocycles. The first-order valence-electron chi connectivity index (χ1n) is 7.40. The molecule has 1 aliphatic rings. The minimum Gasteiger partial charge on any atom is -0.468 e. The van der Waals surface area contributed by atoms with Gasteiger partial charge in [0.1, 0.15) is 6.04 Å². The molecular formula is C16H21BrClNO2. The lowest BCUT2D eigenvalue weighted by Gasteiger charge is -2.24. The molecule has 116 valence electrons. The Labute approximate surface area is 139 Å². The van der Waals surface area contributed by atoms with E-state index in [4.69, 9.17) is 16.3 Å². The van der Waals surface area contributed by atoms with Crippen LogP contribution < -0.4 is 5.32 Å². The van der Waals surface area contributed by atoms with E-state index in [1.54, 1.807) is 6.07 Å². The lowest BCUT2D eigenvalue weighted by atomic mass is 10.0. The number of esters is 1. The number of carbonyl (C=O) groups is 1. The highest BCUT2D eigenvalue weighted by Gasteiger charge is 2.27. The predicted octanol–water partition coefficient (Wildman–Crippen LogP) is 4.63. The molecule has 1 saturated carbocycles. The highest BCUT2D eigenvalue weighted by Crippen LogP contribution is 2.29. The number of ether oxygens (including phenoxy) is 1. The fourth-order valence-electron chi connectivity index (χ4n) is 2.82. The van der Waals surface area contributed by atoms with Crippen molar-refractivity contribution in [2.75, 3.05) is 7.11 Å². The van der Waals surface area contributed by atoms with Crippen LogP contribution in [0.1, 0.15) is 50.1 Å². The maximum Gasteiger partial charge on any atom is 0.327 e. The number of methoxy groups -OCH3 is 1. The SMILES string of the molecule is COC(=O)C(NC1CCCCCC1)c1cc(Br)ccc1Cl. The molecule has 0 radical (unpaired) electrons. The molecule has 1 fully saturated rings. The minimum absolute atomic E-state index is 0.292. The van der Waals surface area contributed by atoms with Gasteiger partial charge in [-0.15, -0.1) is 0 Å². The van der Waals surface area contributed by atoms with Crippen molar-refractivity contribution in [3.05, 3.63) is 33.3 Å². The van der Waals surface area contributed by atoms with Crippen LogP contribution in [0.25, 0.3) is 0 Å². The summed E-state index contributed by atoms with van der Waals surface area (Å²) in [7, 11) is 1.41. The van der Waals surface area contributed by atoms with E-state index in [1.807, 2.05) is 12.1 Å². The van der Waals surface area contributed by atoms with Crippen molar-refractivity contribution >= 4 is 33.5 Å². The zero-order chi connectivity index (χ0) is 15.2. The van der Waals surface area contributed by atoms with E-state index >= 15 is 0 Å². The first-order chi connectivity index (χ1) is 10.1. The van der Waals surface area contributed by atoms with E-state index in [0.717, 1.165) is 22.9 Å². The van der Waals surface area contributed by atoms with E-state index in [9.17, 15) is 4.79 Å². The van der Waals surface area contributed by atoms with Crippen LogP contribution in [-0.2, 0) is 9.53 Å². The summed E-state index contributed by atoms with van der Waals surface area (Å²) in [5.74, 6) is -0.292. The van der Waals surface area contributed by atoms with Crippen molar-refractivity contribution < 1.29 is 9.53 Å². The maximum absolute atomic E-state index is 12.2. The van der Waals surface area contributed by atoms with Gasteiger partial charge in [-0.1, -0.05) is 53.2 Å². The van der Waals surface area contributed by atoms with Gasteiger partial charge < -0.3 is 4.74 Å². The van der Waals surface area contributed by atoms with E-state index in [-0.39, 0.29) is 5.97 Å². The lowest BCUT2D eigenvalue weighted by molar-refractivity contribution is -0.143. The highest BCUT2D eigenvalue weighted by atomic mass is 79.9. The van der Waals surface area contributed by atoms with Gasteiger partial charge in [0.2, 0.25) is 0 Å². The number of rotatable bonds is 4. The molecule has 0 saturated heterocycles. The molecule has 1 unspecified atom stereocenters. The molecule has 0 aromatic heterocycles. The third-order valence-electron chi connectivity index (χ3n) is 3.96. The Hall–Kier alpha value is -0.580. The number of halogens is 2. The summed E-state index contributed by atoms with van der Waals surface area (Å²) >= 11 is 9.71. The van der Waals surface area contributed by atoms with Gasteiger partial charge in [-0.05, 0) is 36.6 Å². The van der Waals surface area contributed by atoms with Crippen molar-refractivity contribution in [2.24, 2.45) is 0 Å². The van der Waals surface area contributed by atoms with Gasteiger partial charge in [0, 0.05) is 15.5 Å². The van der Waals surface area contributed by atoms with E-state index in [0.29, 0.717) is 11.1 Å². The molecular weight excluding hydrogens is 354 g/mol. The van der Waals surface area contributed by atoms with Crippen LogP contribution in [0.3, 0.4) is 0 Å². The number of hydrogen-bond acceptors (Lipinski definition) is 3. The fourth-order valence-corrected chi connectivity index (χ4v) is 3.43. The van der Waals surface area contributed by atoms with Crippen molar-refractivity contribution in [3.8, 4) is 0 Å². The normalized spacial score (nSPS) is 18.0. The number of carbonyl (C=O) groups excluding carboxylic acids is 1. The highest BCUT2D eigenvalue weighted by molar-refractivity contribution is 9.10. The summed E-state index contributed by atoms with van der Waals surface area (Å²) < 4.78 is 5.86. The van der Waals surface area contributed by atoms with Crippen molar-refractivity contribution in [3.63, 3.8) is 0 Å². The van der Waals surface area contributed by atoms with Gasteiger partial charge in [0.15, 0.2) is 0 Å². The second-order valence-corrected chi connectivity index (χ2v) is 6.80. The molecule has 0 bridgehead atoms. The Bertz CT molecular complexity index is 487. The number of hydrogen-bond donors (Lipinski definition) is 1. The first-order valence-corrected chi connectivity index (χ1v) is 8.57. The predicted molar refractivity (Wildman–Crippen MR) is 88.5 cm³/mol. The quantitative estimate of drug-likeness (QED) is 0.617. The molecule has 0 spiro atoms. The molecule has 3 nitrogen and oxygen atoms in total. The van der Waals surface area contributed by atoms with Crippen molar-refractivity contribution in [2.45, 2.75) is 50.6 Å². The molecule has 0 aliphatic heterocycles. The molecule has 0 heterocycles. The Balaban J connectivity index is 2.21. The molecule has 0 amide bonds. The smallest absolute Gasteiger partial charge is 0.327 e. The Kier molecular flexibility index (Phi) is 6.52. The summed E-state index contributed by atoms with van der Waals surface area (Å²) in [6, 6.07) is 5.38. The van der Waals surface area contributed by atoms with Crippen LogP contribution in [0, 0.1) is 0 Å². The Morgan fingerprint density at radius 1 is 1.33 bits per heavy atom. The standard InChI is InChI=1S/C16H21BrClNO2/c1-21-16(20)15(13-10-11(17)8-9-14(13)18)19-12-6-4-2-3-5-7-12/h8-10,12,15,19H,2-7H2,1H3. The Morgan fingerprint density at radius 3 is 2.62 bits per heavy atom. The van der Waals surface area contributed by atoms with Crippen molar-refractivity contribution in [1.29, 1.82) is 0 Å². The molecule has 5 heteroatoms. The average molecular weight is 375 g/mol. The van der Waals surface area contributed by atoms with Crippen LogP contribution in [0.5, 0.6) is 0 Å². The van der Waals surface area contributed by atoms with E-state index in [1.165, 1.54) is 32.8 Å². The van der Waals surface area contributed by atoms with Gasteiger partial charge in [0.05, 0.1) is 7.11 Å². The topological polar surface area (TPSA) is 38.3 Å². The number of nitrogens with one attached hydrogen (secondary N) is 1. The Morgan fingerprint density at radius 2 is 2.00 bits per heavy atom. The van der Waals surface area contributed by atoms with Gasteiger partial charge in [-0.3, -0.25) is 5.32 Å². The molecule has 21 heavy (non-hydrogen) atoms. The van der Waals surface area contributed by atoms with Crippen LogP contribution in [0.15, 0.2) is 22.7 Å². The molecule has 2 rings (SSSR count). The second kappa shape index (κ2) is 8.16. The zero-order valence-electron chi connectivity index (χ0n) is 12.2. The third kappa shape index (κ3) is 4.70.